The van der Waals surface area contributed by atoms with Crippen LogP contribution in [-0.2, 0) is 4.79 Å². The number of rotatable bonds is 0. The number of carbonyl (C=O) groups is 1. The molecule has 0 fully saturated rings. The summed E-state index contributed by atoms with van der Waals surface area (Å²) in [5.74, 6) is -0.0317. The van der Waals surface area contributed by atoms with Crippen molar-refractivity contribution in [1.82, 2.24) is 0 Å². The first kappa shape index (κ1) is 12.7. The van der Waals surface area contributed by atoms with Crippen LogP contribution in [0.25, 0.3) is 0 Å². The van der Waals surface area contributed by atoms with Gasteiger partial charge in [0.05, 0.1) is 11.4 Å². The largest absolute Gasteiger partial charge is 0.339 e. The number of amides is 1. The Kier molecular flexibility index (Phi) is 2.73. The zero-order valence-corrected chi connectivity index (χ0v) is 12.0. The Morgan fingerprint density at radius 3 is 1.61 bits per heavy atom. The molecule has 0 aromatic heterocycles. The van der Waals surface area contributed by atoms with Crippen molar-refractivity contribution in [2.24, 2.45) is 0 Å². The maximum absolute atomic E-state index is 12.1. The van der Waals surface area contributed by atoms with Gasteiger partial charge in [-0.1, -0.05) is 6.58 Å². The van der Waals surface area contributed by atoms with Crippen LogP contribution in [0.3, 0.4) is 0 Å². The van der Waals surface area contributed by atoms with Crippen LogP contribution >= 0.6 is 0 Å². The standard InChI is InChI=1S/C15H20N2O/c1-8-9(2)11(4)14-13(10(8)3)16(6)12(5)15(18)17(14)7/h5H2,1-4,6-7H3. The summed E-state index contributed by atoms with van der Waals surface area (Å²) in [5, 5.41) is 0. The number of nitrogens with zero attached hydrogens (tertiary/aromatic N) is 2. The molecule has 0 bridgehead atoms. The van der Waals surface area contributed by atoms with Crippen molar-refractivity contribution in [3.63, 3.8) is 0 Å². The van der Waals surface area contributed by atoms with Gasteiger partial charge in [-0.25, -0.2) is 0 Å². The van der Waals surface area contributed by atoms with Crippen LogP contribution in [0.5, 0.6) is 0 Å². The third-order valence-corrected chi connectivity index (χ3v) is 4.25. The van der Waals surface area contributed by atoms with Gasteiger partial charge in [-0.05, 0) is 49.9 Å². The van der Waals surface area contributed by atoms with Gasteiger partial charge in [-0.2, -0.15) is 0 Å². The van der Waals surface area contributed by atoms with Gasteiger partial charge in [0.1, 0.15) is 5.70 Å². The van der Waals surface area contributed by atoms with E-state index >= 15 is 0 Å². The molecule has 18 heavy (non-hydrogen) atoms. The molecule has 0 aliphatic carbocycles. The minimum Gasteiger partial charge on any atom is -0.339 e. The lowest BCUT2D eigenvalue weighted by atomic mass is 9.93. The molecule has 0 atom stereocenters. The van der Waals surface area contributed by atoms with Crippen LogP contribution in [0.4, 0.5) is 11.4 Å². The van der Waals surface area contributed by atoms with Crippen molar-refractivity contribution in [3.05, 3.63) is 34.5 Å². The normalized spacial score (nSPS) is 15.2. The fraction of sp³-hybridized carbons (Fsp3) is 0.400. The van der Waals surface area contributed by atoms with E-state index in [1.807, 2.05) is 19.0 Å². The quantitative estimate of drug-likeness (QED) is 0.655. The Morgan fingerprint density at radius 2 is 1.17 bits per heavy atom. The van der Waals surface area contributed by atoms with Crippen LogP contribution in [0.15, 0.2) is 12.3 Å². The van der Waals surface area contributed by atoms with Crippen LogP contribution < -0.4 is 9.80 Å². The first-order chi connectivity index (χ1) is 8.29. The lowest BCUT2D eigenvalue weighted by molar-refractivity contribution is -0.115. The summed E-state index contributed by atoms with van der Waals surface area (Å²) in [4.78, 5) is 15.8. The Hall–Kier alpha value is -1.77. The molecule has 0 saturated heterocycles. The number of hydrogen-bond acceptors (Lipinski definition) is 2. The number of carbonyl (C=O) groups excluding carboxylic acids is 1. The van der Waals surface area contributed by atoms with Crippen molar-refractivity contribution in [1.29, 1.82) is 0 Å². The number of benzene rings is 1. The topological polar surface area (TPSA) is 23.6 Å². The third-order valence-electron chi connectivity index (χ3n) is 4.25. The number of fused-ring (bicyclic) bond motifs is 1. The van der Waals surface area contributed by atoms with Crippen molar-refractivity contribution in [3.8, 4) is 0 Å². The van der Waals surface area contributed by atoms with Crippen LogP contribution in [-0.4, -0.2) is 20.0 Å². The molecule has 1 heterocycles. The first-order valence-corrected chi connectivity index (χ1v) is 6.10. The highest BCUT2D eigenvalue weighted by Crippen LogP contribution is 2.43. The summed E-state index contributed by atoms with van der Waals surface area (Å²) < 4.78 is 0. The van der Waals surface area contributed by atoms with Gasteiger partial charge in [0.15, 0.2) is 0 Å². The van der Waals surface area contributed by atoms with E-state index in [1.54, 1.807) is 4.90 Å². The van der Waals surface area contributed by atoms with E-state index in [1.165, 1.54) is 22.3 Å². The number of hydrogen-bond donors (Lipinski definition) is 0. The molecular weight excluding hydrogens is 224 g/mol. The minimum atomic E-state index is -0.0317. The Morgan fingerprint density at radius 1 is 0.778 bits per heavy atom. The Labute approximate surface area is 109 Å². The molecule has 0 unspecified atom stereocenters. The summed E-state index contributed by atoms with van der Waals surface area (Å²) in [7, 11) is 3.73. The maximum Gasteiger partial charge on any atom is 0.274 e. The SMILES string of the molecule is C=C1C(=O)N(C)c2c(C)c(C)c(C)c(C)c2N1C. The van der Waals surface area contributed by atoms with E-state index in [0.717, 1.165) is 11.4 Å². The monoisotopic (exact) mass is 244 g/mol. The van der Waals surface area contributed by atoms with Gasteiger partial charge < -0.3 is 9.80 Å². The van der Waals surface area contributed by atoms with Gasteiger partial charge in [0, 0.05) is 14.1 Å². The molecule has 1 amide bonds. The van der Waals surface area contributed by atoms with E-state index in [2.05, 4.69) is 34.3 Å². The highest BCUT2D eigenvalue weighted by molar-refractivity contribution is 6.13. The van der Waals surface area contributed by atoms with E-state index < -0.39 is 0 Å². The molecule has 0 radical (unpaired) electrons. The van der Waals surface area contributed by atoms with Crippen LogP contribution in [0.1, 0.15) is 22.3 Å². The van der Waals surface area contributed by atoms with Crippen LogP contribution in [0, 0.1) is 27.7 Å². The summed E-state index contributed by atoms with van der Waals surface area (Å²) in [6.45, 7) is 12.3. The second kappa shape index (κ2) is 3.87. The number of anilines is 2. The Bertz CT molecular complexity index is 522. The van der Waals surface area contributed by atoms with Crippen molar-refractivity contribution in [2.75, 3.05) is 23.9 Å². The van der Waals surface area contributed by atoms with E-state index in [0.29, 0.717) is 5.70 Å². The first-order valence-electron chi connectivity index (χ1n) is 6.10. The molecule has 3 nitrogen and oxygen atoms in total. The number of likely N-dealkylation sites (N-methyl/N-ethyl adjacent to an activating group) is 2. The summed E-state index contributed by atoms with van der Waals surface area (Å²) >= 11 is 0. The van der Waals surface area contributed by atoms with Gasteiger partial charge in [0.2, 0.25) is 0 Å². The highest BCUT2D eigenvalue weighted by Gasteiger charge is 2.32. The molecule has 1 aliphatic heterocycles. The average molecular weight is 244 g/mol. The second-order valence-electron chi connectivity index (χ2n) is 5.07. The molecule has 2 rings (SSSR count). The predicted molar refractivity (Wildman–Crippen MR) is 76.3 cm³/mol. The van der Waals surface area contributed by atoms with E-state index in [4.69, 9.17) is 0 Å². The lowest BCUT2D eigenvalue weighted by Gasteiger charge is -2.38. The summed E-state index contributed by atoms with van der Waals surface area (Å²) in [5.41, 5.74) is 7.56. The van der Waals surface area contributed by atoms with Gasteiger partial charge >= 0.3 is 0 Å². The zero-order chi connectivity index (χ0) is 13.8. The maximum atomic E-state index is 12.1. The van der Waals surface area contributed by atoms with E-state index in [9.17, 15) is 4.79 Å². The van der Waals surface area contributed by atoms with Crippen LogP contribution in [0.2, 0.25) is 0 Å². The minimum absolute atomic E-state index is 0.0317. The average Bonchev–Trinajstić information content (AvgIpc) is 2.35. The molecule has 0 saturated carbocycles. The van der Waals surface area contributed by atoms with Crippen molar-refractivity contribution >= 4 is 17.3 Å². The second-order valence-corrected chi connectivity index (χ2v) is 5.07. The molecule has 1 aromatic rings. The summed E-state index contributed by atoms with van der Waals surface area (Å²) in [6, 6.07) is 0. The van der Waals surface area contributed by atoms with Crippen molar-refractivity contribution < 1.29 is 4.79 Å². The molecule has 96 valence electrons. The lowest BCUT2D eigenvalue weighted by Crippen LogP contribution is -2.40. The van der Waals surface area contributed by atoms with Gasteiger partial charge in [-0.15, -0.1) is 0 Å². The highest BCUT2D eigenvalue weighted by atomic mass is 16.2. The predicted octanol–water partition coefficient (Wildman–Crippen LogP) is 2.85. The van der Waals surface area contributed by atoms with Gasteiger partial charge in [-0.3, -0.25) is 4.79 Å². The fourth-order valence-corrected chi connectivity index (χ4v) is 2.67. The molecule has 1 aromatic carbocycles. The molecule has 0 spiro atoms. The fourth-order valence-electron chi connectivity index (χ4n) is 2.67. The van der Waals surface area contributed by atoms with Crippen molar-refractivity contribution in [2.45, 2.75) is 27.7 Å². The van der Waals surface area contributed by atoms with Gasteiger partial charge in [0.25, 0.3) is 5.91 Å². The zero-order valence-electron chi connectivity index (χ0n) is 12.0. The molecular formula is C15H20N2O. The smallest absolute Gasteiger partial charge is 0.274 e. The summed E-state index contributed by atoms with van der Waals surface area (Å²) in [6.07, 6.45) is 0. The third kappa shape index (κ3) is 1.40. The molecule has 3 heteroatoms. The molecule has 0 N–H and O–H groups in total. The molecule has 1 aliphatic rings. The Balaban J connectivity index is 2.89. The van der Waals surface area contributed by atoms with E-state index in [-0.39, 0.29) is 5.91 Å².